The van der Waals surface area contributed by atoms with Gasteiger partial charge in [-0.25, -0.2) is 13.1 Å². The number of alkyl halides is 3. The van der Waals surface area contributed by atoms with Crippen molar-refractivity contribution in [3.63, 3.8) is 0 Å². The summed E-state index contributed by atoms with van der Waals surface area (Å²) in [7, 11) is -3.63. The number of amides is 1. The van der Waals surface area contributed by atoms with Gasteiger partial charge in [-0.1, -0.05) is 24.3 Å². The fourth-order valence-electron chi connectivity index (χ4n) is 3.93. The minimum absolute atomic E-state index is 0.169. The smallest absolute Gasteiger partial charge is 0.310 e. The number of aromatic nitrogens is 2. The van der Waals surface area contributed by atoms with Gasteiger partial charge in [0.15, 0.2) is 0 Å². The normalized spacial score (nSPS) is 15.9. The highest BCUT2D eigenvalue weighted by Gasteiger charge is 2.33. The first-order valence-corrected chi connectivity index (χ1v) is 12.1. The van der Waals surface area contributed by atoms with E-state index in [1.165, 1.54) is 33.3 Å². The van der Waals surface area contributed by atoms with E-state index >= 15 is 0 Å². The van der Waals surface area contributed by atoms with Gasteiger partial charge in [-0.3, -0.25) is 4.79 Å². The highest BCUT2D eigenvalue weighted by Crippen LogP contribution is 2.31. The third-order valence-corrected chi connectivity index (χ3v) is 7.62. The minimum Gasteiger partial charge on any atom is -0.310 e. The Labute approximate surface area is 195 Å². The quantitative estimate of drug-likeness (QED) is 0.578. The molecule has 1 saturated heterocycles. The molecule has 7 nitrogen and oxygen atoms in total. The molecule has 0 aliphatic carbocycles. The molecule has 180 valence electrons. The lowest BCUT2D eigenvalue weighted by Crippen LogP contribution is -2.41. The third-order valence-electron chi connectivity index (χ3n) is 5.71. The van der Waals surface area contributed by atoms with Crippen molar-refractivity contribution < 1.29 is 26.4 Å². The predicted octanol–water partition coefficient (Wildman–Crippen LogP) is 4.24. The first-order valence-electron chi connectivity index (χ1n) is 10.7. The van der Waals surface area contributed by atoms with Crippen LogP contribution in [-0.4, -0.2) is 41.5 Å². The monoisotopic (exact) mass is 492 g/mol. The Morgan fingerprint density at radius 2 is 1.71 bits per heavy atom. The average Bonchev–Trinajstić information content (AvgIpc) is 3.19. The van der Waals surface area contributed by atoms with Crippen LogP contribution in [0.4, 0.5) is 19.0 Å². The number of nitrogens with zero attached hydrogens (tertiary/aromatic N) is 3. The van der Waals surface area contributed by atoms with Crippen molar-refractivity contribution in [3.8, 4) is 5.69 Å². The lowest BCUT2D eigenvalue weighted by atomic mass is 9.97. The number of piperidine rings is 1. The number of hydrogen-bond acceptors (Lipinski definition) is 4. The van der Waals surface area contributed by atoms with Gasteiger partial charge < -0.3 is 5.32 Å². The van der Waals surface area contributed by atoms with Gasteiger partial charge in [0.25, 0.3) is 0 Å². The number of nitrogens with one attached hydrogen (secondary N) is 1. The molecule has 1 aliphatic rings. The summed E-state index contributed by atoms with van der Waals surface area (Å²) in [6.07, 6.45) is -3.85. The number of anilines is 1. The first kappa shape index (κ1) is 24.0. The number of aryl methyl sites for hydroxylation is 1. The lowest BCUT2D eigenvalue weighted by molar-refractivity contribution is -0.137. The van der Waals surface area contributed by atoms with Crippen molar-refractivity contribution >= 4 is 21.7 Å². The topological polar surface area (TPSA) is 84.3 Å². The fourth-order valence-corrected chi connectivity index (χ4v) is 5.42. The second kappa shape index (κ2) is 9.22. The molecule has 0 atom stereocenters. The van der Waals surface area contributed by atoms with Crippen LogP contribution in [0.1, 0.15) is 24.1 Å². The van der Waals surface area contributed by atoms with Crippen LogP contribution in [0.3, 0.4) is 0 Å². The van der Waals surface area contributed by atoms with E-state index in [-0.39, 0.29) is 35.4 Å². The zero-order valence-corrected chi connectivity index (χ0v) is 19.1. The Bertz CT molecular complexity index is 1280. The predicted molar refractivity (Wildman–Crippen MR) is 120 cm³/mol. The minimum atomic E-state index is -4.50. The Morgan fingerprint density at radius 1 is 1.03 bits per heavy atom. The van der Waals surface area contributed by atoms with Crippen LogP contribution in [0.2, 0.25) is 0 Å². The van der Waals surface area contributed by atoms with Gasteiger partial charge in [0.05, 0.1) is 21.8 Å². The van der Waals surface area contributed by atoms with Crippen LogP contribution in [0.15, 0.2) is 65.6 Å². The van der Waals surface area contributed by atoms with Crippen LogP contribution >= 0.6 is 0 Å². The maximum Gasteiger partial charge on any atom is 0.416 e. The van der Waals surface area contributed by atoms with E-state index in [1.807, 2.05) is 0 Å². The van der Waals surface area contributed by atoms with E-state index < -0.39 is 27.7 Å². The summed E-state index contributed by atoms with van der Waals surface area (Å²) in [6, 6.07) is 14.4. The molecule has 1 amide bonds. The summed E-state index contributed by atoms with van der Waals surface area (Å²) in [5.74, 6) is -0.515. The molecule has 0 unspecified atom stereocenters. The number of rotatable bonds is 5. The summed E-state index contributed by atoms with van der Waals surface area (Å²) in [5.41, 5.74) is -0.124. The molecule has 3 aromatic rings. The van der Waals surface area contributed by atoms with Crippen LogP contribution in [-0.2, 0) is 21.0 Å². The zero-order valence-electron chi connectivity index (χ0n) is 18.3. The van der Waals surface area contributed by atoms with E-state index in [1.54, 1.807) is 31.2 Å². The second-order valence-electron chi connectivity index (χ2n) is 8.11. The van der Waals surface area contributed by atoms with Crippen LogP contribution in [0.5, 0.6) is 0 Å². The second-order valence-corrected chi connectivity index (χ2v) is 10.0. The Balaban J connectivity index is 1.46. The molecular weight excluding hydrogens is 469 g/mol. The molecule has 1 fully saturated rings. The Kier molecular flexibility index (Phi) is 6.50. The maximum atomic E-state index is 13.1. The number of benzene rings is 2. The molecule has 1 aliphatic heterocycles. The van der Waals surface area contributed by atoms with E-state index in [4.69, 9.17) is 0 Å². The van der Waals surface area contributed by atoms with Gasteiger partial charge in [0.1, 0.15) is 5.82 Å². The Morgan fingerprint density at radius 3 is 2.35 bits per heavy atom. The molecule has 11 heteroatoms. The van der Waals surface area contributed by atoms with Gasteiger partial charge in [-0.15, -0.1) is 0 Å². The first-order chi connectivity index (χ1) is 16.1. The molecule has 0 bridgehead atoms. The number of hydrogen-bond donors (Lipinski definition) is 1. The molecule has 0 radical (unpaired) electrons. The number of sulfonamides is 1. The zero-order chi connectivity index (χ0) is 24.5. The molecule has 1 aromatic heterocycles. The van der Waals surface area contributed by atoms with E-state index in [0.29, 0.717) is 18.5 Å². The summed E-state index contributed by atoms with van der Waals surface area (Å²) in [4.78, 5) is 13.1. The molecule has 2 heterocycles. The number of carbonyl (C=O) groups is 1. The molecule has 0 saturated carbocycles. The molecule has 34 heavy (non-hydrogen) atoms. The van der Waals surface area contributed by atoms with Crippen molar-refractivity contribution in [2.24, 2.45) is 5.92 Å². The van der Waals surface area contributed by atoms with Gasteiger partial charge in [-0.05, 0) is 50.1 Å². The fraction of sp³-hybridized carbons (Fsp3) is 0.304. The molecule has 4 rings (SSSR count). The molecular formula is C23H23F3N4O3S. The van der Waals surface area contributed by atoms with E-state index in [2.05, 4.69) is 10.4 Å². The number of halogens is 3. The Hall–Kier alpha value is -3.18. The van der Waals surface area contributed by atoms with Crippen molar-refractivity contribution in [2.45, 2.75) is 30.8 Å². The molecule has 0 spiro atoms. The third kappa shape index (κ3) is 5.00. The van der Waals surface area contributed by atoms with Gasteiger partial charge in [-0.2, -0.15) is 22.6 Å². The van der Waals surface area contributed by atoms with Gasteiger partial charge in [0.2, 0.25) is 15.9 Å². The van der Waals surface area contributed by atoms with Crippen molar-refractivity contribution in [1.82, 2.24) is 14.1 Å². The van der Waals surface area contributed by atoms with E-state index in [9.17, 15) is 26.4 Å². The average molecular weight is 493 g/mol. The van der Waals surface area contributed by atoms with Crippen LogP contribution in [0.25, 0.3) is 5.69 Å². The summed E-state index contributed by atoms with van der Waals surface area (Å²) < 4.78 is 67.6. The highest BCUT2D eigenvalue weighted by molar-refractivity contribution is 7.89. The van der Waals surface area contributed by atoms with Gasteiger partial charge >= 0.3 is 6.18 Å². The largest absolute Gasteiger partial charge is 0.416 e. The molecule has 1 N–H and O–H groups in total. The maximum absolute atomic E-state index is 13.1. The van der Waals surface area contributed by atoms with E-state index in [0.717, 1.165) is 12.1 Å². The SMILES string of the molecule is Cc1cc(NC(=O)C2CCN(S(=O)(=O)c3ccccc3)CC2)n(-c2cccc(C(F)(F)F)c2)n1. The highest BCUT2D eigenvalue weighted by atomic mass is 32.2. The lowest BCUT2D eigenvalue weighted by Gasteiger charge is -2.30. The van der Waals surface area contributed by atoms with Crippen LogP contribution in [0, 0.1) is 12.8 Å². The summed E-state index contributed by atoms with van der Waals surface area (Å²) in [6.45, 7) is 2.06. The summed E-state index contributed by atoms with van der Waals surface area (Å²) >= 11 is 0. The number of carbonyl (C=O) groups excluding carboxylic acids is 1. The summed E-state index contributed by atoms with van der Waals surface area (Å²) in [5, 5.41) is 6.98. The van der Waals surface area contributed by atoms with Crippen molar-refractivity contribution in [3.05, 3.63) is 71.9 Å². The van der Waals surface area contributed by atoms with Gasteiger partial charge in [0, 0.05) is 25.1 Å². The van der Waals surface area contributed by atoms with Crippen molar-refractivity contribution in [1.29, 1.82) is 0 Å². The van der Waals surface area contributed by atoms with Crippen LogP contribution < -0.4 is 5.32 Å². The van der Waals surface area contributed by atoms with Crippen molar-refractivity contribution in [2.75, 3.05) is 18.4 Å². The standard InChI is InChI=1S/C23H23F3N4O3S/c1-16-14-21(30(28-16)19-7-5-6-18(15-19)23(24,25)26)27-22(31)17-10-12-29(13-11-17)34(32,33)20-8-3-2-4-9-20/h2-9,14-15,17H,10-13H2,1H3,(H,27,31). The molecule has 2 aromatic carbocycles.